The SMILES string of the molecule is Cc1ccccc1C(=O)Nc1cccc(C(=O)N/N=C/c2cccs2)c1. The summed E-state index contributed by atoms with van der Waals surface area (Å²) in [6.45, 7) is 1.88. The molecule has 3 aromatic rings. The summed E-state index contributed by atoms with van der Waals surface area (Å²) < 4.78 is 0. The van der Waals surface area contributed by atoms with E-state index in [0.717, 1.165) is 10.4 Å². The van der Waals surface area contributed by atoms with Gasteiger partial charge < -0.3 is 5.32 Å². The molecule has 1 aromatic heterocycles. The second-order valence-electron chi connectivity index (χ2n) is 5.56. The van der Waals surface area contributed by atoms with Crippen LogP contribution in [0.5, 0.6) is 0 Å². The van der Waals surface area contributed by atoms with E-state index >= 15 is 0 Å². The number of benzene rings is 2. The topological polar surface area (TPSA) is 70.6 Å². The summed E-state index contributed by atoms with van der Waals surface area (Å²) in [6, 6.07) is 17.9. The van der Waals surface area contributed by atoms with Crippen LogP contribution in [0.15, 0.2) is 71.1 Å². The Morgan fingerprint density at radius 1 is 1.00 bits per heavy atom. The van der Waals surface area contributed by atoms with Gasteiger partial charge in [-0.25, -0.2) is 5.43 Å². The number of hydrogen-bond acceptors (Lipinski definition) is 4. The summed E-state index contributed by atoms with van der Waals surface area (Å²) in [5.74, 6) is -0.554. The first-order valence-corrected chi connectivity index (χ1v) is 8.85. The van der Waals surface area contributed by atoms with E-state index in [0.29, 0.717) is 16.8 Å². The molecule has 0 saturated heterocycles. The van der Waals surface area contributed by atoms with Crippen LogP contribution in [0.2, 0.25) is 0 Å². The number of amides is 2. The maximum Gasteiger partial charge on any atom is 0.271 e. The summed E-state index contributed by atoms with van der Waals surface area (Å²) in [5, 5.41) is 8.69. The van der Waals surface area contributed by atoms with Gasteiger partial charge in [-0.15, -0.1) is 11.3 Å². The van der Waals surface area contributed by atoms with E-state index in [1.54, 1.807) is 36.5 Å². The van der Waals surface area contributed by atoms with Crippen LogP contribution in [0.3, 0.4) is 0 Å². The number of hydrazone groups is 1. The quantitative estimate of drug-likeness (QED) is 0.530. The Morgan fingerprint density at radius 2 is 1.85 bits per heavy atom. The average molecular weight is 363 g/mol. The Bertz CT molecular complexity index is 949. The normalized spacial score (nSPS) is 10.7. The number of nitrogens with one attached hydrogen (secondary N) is 2. The van der Waals surface area contributed by atoms with Gasteiger partial charge in [-0.2, -0.15) is 5.10 Å². The third-order valence-electron chi connectivity index (χ3n) is 3.67. The van der Waals surface area contributed by atoms with Gasteiger partial charge in [-0.05, 0) is 48.2 Å². The number of carbonyl (C=O) groups excluding carboxylic acids is 2. The lowest BCUT2D eigenvalue weighted by molar-refractivity contribution is 0.0953. The summed E-state index contributed by atoms with van der Waals surface area (Å²) in [5.41, 5.74) is 4.94. The maximum atomic E-state index is 12.4. The zero-order chi connectivity index (χ0) is 18.4. The van der Waals surface area contributed by atoms with Crippen LogP contribution in [0.25, 0.3) is 0 Å². The van der Waals surface area contributed by atoms with Crippen molar-refractivity contribution in [3.8, 4) is 0 Å². The second kappa shape index (κ2) is 8.22. The van der Waals surface area contributed by atoms with Crippen LogP contribution in [0, 0.1) is 6.92 Å². The van der Waals surface area contributed by atoms with E-state index in [9.17, 15) is 9.59 Å². The molecule has 0 saturated carbocycles. The summed E-state index contributed by atoms with van der Waals surface area (Å²) in [6.07, 6.45) is 1.59. The van der Waals surface area contributed by atoms with Crippen LogP contribution in [-0.4, -0.2) is 18.0 Å². The fraction of sp³-hybridized carbons (Fsp3) is 0.0500. The molecular weight excluding hydrogens is 346 g/mol. The van der Waals surface area contributed by atoms with Crippen molar-refractivity contribution in [2.75, 3.05) is 5.32 Å². The van der Waals surface area contributed by atoms with Gasteiger partial charge in [-0.3, -0.25) is 9.59 Å². The monoisotopic (exact) mass is 363 g/mol. The van der Waals surface area contributed by atoms with Crippen LogP contribution in [0.4, 0.5) is 5.69 Å². The standard InChI is InChI=1S/C20H17N3O2S/c1-14-6-2-3-10-18(14)20(25)22-16-8-4-7-15(12-16)19(24)23-21-13-17-9-5-11-26-17/h2-13H,1H3,(H,22,25)(H,23,24)/b21-13+. The van der Waals surface area contributed by atoms with E-state index in [-0.39, 0.29) is 11.8 Å². The van der Waals surface area contributed by atoms with Gasteiger partial charge in [0.15, 0.2) is 0 Å². The van der Waals surface area contributed by atoms with Crippen molar-refractivity contribution in [1.82, 2.24) is 5.43 Å². The summed E-state index contributed by atoms with van der Waals surface area (Å²) in [4.78, 5) is 25.5. The lowest BCUT2D eigenvalue weighted by atomic mass is 10.1. The van der Waals surface area contributed by atoms with Gasteiger partial charge in [0.1, 0.15) is 0 Å². The smallest absolute Gasteiger partial charge is 0.271 e. The number of nitrogens with zero attached hydrogens (tertiary/aromatic N) is 1. The Hall–Kier alpha value is -3.25. The summed E-state index contributed by atoms with van der Waals surface area (Å²) >= 11 is 1.53. The Balaban J connectivity index is 1.67. The molecule has 0 atom stereocenters. The lowest BCUT2D eigenvalue weighted by Crippen LogP contribution is -2.18. The molecule has 3 rings (SSSR count). The molecule has 1 heterocycles. The van der Waals surface area contributed by atoms with Crippen LogP contribution >= 0.6 is 11.3 Å². The van der Waals surface area contributed by atoms with Crippen molar-refractivity contribution < 1.29 is 9.59 Å². The molecule has 130 valence electrons. The zero-order valence-corrected chi connectivity index (χ0v) is 14.9. The first-order valence-electron chi connectivity index (χ1n) is 7.97. The molecule has 26 heavy (non-hydrogen) atoms. The minimum absolute atomic E-state index is 0.212. The molecule has 2 aromatic carbocycles. The molecular formula is C20H17N3O2S. The fourth-order valence-corrected chi connectivity index (χ4v) is 2.93. The lowest BCUT2D eigenvalue weighted by Gasteiger charge is -2.08. The molecule has 2 amide bonds. The highest BCUT2D eigenvalue weighted by molar-refractivity contribution is 7.11. The van der Waals surface area contributed by atoms with Crippen LogP contribution in [-0.2, 0) is 0 Å². The minimum Gasteiger partial charge on any atom is -0.322 e. The van der Waals surface area contributed by atoms with E-state index < -0.39 is 0 Å². The molecule has 0 radical (unpaired) electrons. The maximum absolute atomic E-state index is 12.4. The van der Waals surface area contributed by atoms with Gasteiger partial charge in [-0.1, -0.05) is 30.3 Å². The van der Waals surface area contributed by atoms with Crippen molar-refractivity contribution in [2.45, 2.75) is 6.92 Å². The molecule has 2 N–H and O–H groups in total. The molecule has 0 aliphatic carbocycles. The van der Waals surface area contributed by atoms with E-state index in [1.165, 1.54) is 11.3 Å². The van der Waals surface area contributed by atoms with E-state index in [2.05, 4.69) is 15.8 Å². The van der Waals surface area contributed by atoms with Gasteiger partial charge in [0.2, 0.25) is 0 Å². The molecule has 0 spiro atoms. The Labute approximate surface area is 155 Å². The average Bonchev–Trinajstić information content (AvgIpc) is 3.15. The van der Waals surface area contributed by atoms with Crippen molar-refractivity contribution in [3.05, 3.63) is 87.6 Å². The Morgan fingerprint density at radius 3 is 2.62 bits per heavy atom. The number of hydrogen-bond donors (Lipinski definition) is 2. The predicted molar refractivity (Wildman–Crippen MR) is 105 cm³/mol. The number of carbonyl (C=O) groups is 2. The predicted octanol–water partition coefficient (Wildman–Crippen LogP) is 4.07. The molecule has 0 aliphatic rings. The number of rotatable bonds is 5. The van der Waals surface area contributed by atoms with Crippen LogP contribution < -0.4 is 10.7 Å². The number of aryl methyl sites for hydroxylation is 1. The first-order chi connectivity index (χ1) is 12.6. The molecule has 6 heteroatoms. The van der Waals surface area contributed by atoms with E-state index in [1.807, 2.05) is 42.6 Å². The summed E-state index contributed by atoms with van der Waals surface area (Å²) in [7, 11) is 0. The van der Waals surface area contributed by atoms with Gasteiger partial charge in [0.25, 0.3) is 11.8 Å². The highest BCUT2D eigenvalue weighted by Gasteiger charge is 2.10. The number of anilines is 1. The highest BCUT2D eigenvalue weighted by Crippen LogP contribution is 2.14. The van der Waals surface area contributed by atoms with Gasteiger partial charge in [0.05, 0.1) is 6.21 Å². The molecule has 5 nitrogen and oxygen atoms in total. The largest absolute Gasteiger partial charge is 0.322 e. The molecule has 0 unspecified atom stereocenters. The third kappa shape index (κ3) is 4.43. The van der Waals surface area contributed by atoms with Crippen molar-refractivity contribution in [3.63, 3.8) is 0 Å². The Kier molecular flexibility index (Phi) is 5.56. The first kappa shape index (κ1) is 17.6. The highest BCUT2D eigenvalue weighted by atomic mass is 32.1. The van der Waals surface area contributed by atoms with Gasteiger partial charge >= 0.3 is 0 Å². The third-order valence-corrected chi connectivity index (χ3v) is 4.48. The zero-order valence-electron chi connectivity index (χ0n) is 14.1. The van der Waals surface area contributed by atoms with E-state index in [4.69, 9.17) is 0 Å². The number of thiophene rings is 1. The second-order valence-corrected chi connectivity index (χ2v) is 6.54. The fourth-order valence-electron chi connectivity index (χ4n) is 2.35. The minimum atomic E-state index is -0.343. The molecule has 0 aliphatic heterocycles. The van der Waals surface area contributed by atoms with Crippen molar-refractivity contribution in [2.24, 2.45) is 5.10 Å². The molecule has 0 fully saturated rings. The van der Waals surface area contributed by atoms with Crippen molar-refractivity contribution >= 4 is 35.1 Å². The van der Waals surface area contributed by atoms with Crippen molar-refractivity contribution in [1.29, 1.82) is 0 Å². The van der Waals surface area contributed by atoms with Gasteiger partial charge in [0, 0.05) is 21.7 Å². The van der Waals surface area contributed by atoms with Crippen LogP contribution in [0.1, 0.15) is 31.2 Å². The molecule has 0 bridgehead atoms.